The minimum Gasteiger partial charge on any atom is -0.329 e. The molecule has 0 fully saturated rings. The molecule has 1 atom stereocenters. The lowest BCUT2D eigenvalue weighted by molar-refractivity contribution is 0.101. The maximum absolute atomic E-state index is 5.60. The van der Waals surface area contributed by atoms with Crippen LogP contribution >= 0.6 is 0 Å². The molecule has 2 nitrogen and oxygen atoms in total. The average Bonchev–Trinajstić information content (AvgIpc) is 1.86. The summed E-state index contributed by atoms with van der Waals surface area (Å²) in [7, 11) is 0. The van der Waals surface area contributed by atoms with Gasteiger partial charge in [-0.05, 0) is 34.2 Å². The Morgan fingerprint density at radius 2 is 1.82 bits per heavy atom. The standard InChI is InChI=1S/C9H22N2/c1-6-11(8(2)7-10)9(3,4)5/h8H,6-7,10H2,1-5H3. The van der Waals surface area contributed by atoms with E-state index in [-0.39, 0.29) is 5.54 Å². The molecular weight excluding hydrogens is 136 g/mol. The van der Waals surface area contributed by atoms with Gasteiger partial charge in [-0.15, -0.1) is 0 Å². The number of nitrogens with two attached hydrogens (primary N) is 1. The molecule has 0 saturated heterocycles. The molecule has 0 aromatic rings. The molecular formula is C9H22N2. The highest BCUT2D eigenvalue weighted by atomic mass is 15.2. The highest BCUT2D eigenvalue weighted by Gasteiger charge is 2.23. The van der Waals surface area contributed by atoms with Crippen molar-refractivity contribution in [3.63, 3.8) is 0 Å². The number of nitrogens with zero attached hydrogens (tertiary/aromatic N) is 1. The summed E-state index contributed by atoms with van der Waals surface area (Å²) in [6, 6.07) is 0.486. The van der Waals surface area contributed by atoms with E-state index < -0.39 is 0 Å². The first-order valence-electron chi connectivity index (χ1n) is 4.40. The topological polar surface area (TPSA) is 29.3 Å². The van der Waals surface area contributed by atoms with Crippen molar-refractivity contribution in [2.75, 3.05) is 13.1 Å². The van der Waals surface area contributed by atoms with Crippen LogP contribution < -0.4 is 5.73 Å². The molecule has 1 unspecified atom stereocenters. The Bertz CT molecular complexity index is 105. The van der Waals surface area contributed by atoms with Crippen molar-refractivity contribution in [2.45, 2.75) is 46.2 Å². The molecule has 0 saturated carbocycles. The summed E-state index contributed by atoms with van der Waals surface area (Å²) in [4.78, 5) is 2.41. The molecule has 0 amide bonds. The normalized spacial score (nSPS) is 15.5. The van der Waals surface area contributed by atoms with Gasteiger partial charge in [0, 0.05) is 18.1 Å². The maximum atomic E-state index is 5.60. The van der Waals surface area contributed by atoms with Gasteiger partial charge in [-0.3, -0.25) is 4.90 Å². The molecule has 0 spiro atoms. The van der Waals surface area contributed by atoms with E-state index in [0.717, 1.165) is 13.1 Å². The fraction of sp³-hybridized carbons (Fsp3) is 1.00. The zero-order chi connectivity index (χ0) is 9.07. The van der Waals surface area contributed by atoms with Crippen molar-refractivity contribution in [1.82, 2.24) is 4.90 Å². The minimum absolute atomic E-state index is 0.244. The monoisotopic (exact) mass is 158 g/mol. The van der Waals surface area contributed by atoms with Crippen LogP contribution in [-0.4, -0.2) is 29.6 Å². The Balaban J connectivity index is 4.16. The van der Waals surface area contributed by atoms with E-state index in [1.54, 1.807) is 0 Å². The van der Waals surface area contributed by atoms with E-state index >= 15 is 0 Å². The summed E-state index contributed by atoms with van der Waals surface area (Å²) in [6.07, 6.45) is 0. The van der Waals surface area contributed by atoms with Crippen molar-refractivity contribution in [3.05, 3.63) is 0 Å². The maximum Gasteiger partial charge on any atom is 0.0195 e. The SMILES string of the molecule is CCN(C(C)CN)C(C)(C)C. The second-order valence-electron chi connectivity index (χ2n) is 4.04. The number of likely N-dealkylation sites (N-methyl/N-ethyl adjacent to an activating group) is 1. The predicted molar refractivity (Wildman–Crippen MR) is 50.6 cm³/mol. The van der Waals surface area contributed by atoms with Crippen LogP contribution in [0.2, 0.25) is 0 Å². The predicted octanol–water partition coefficient (Wildman–Crippen LogP) is 1.45. The molecule has 0 aromatic heterocycles. The van der Waals surface area contributed by atoms with E-state index in [4.69, 9.17) is 5.73 Å². The molecule has 0 radical (unpaired) electrons. The van der Waals surface area contributed by atoms with Gasteiger partial charge in [-0.25, -0.2) is 0 Å². The minimum atomic E-state index is 0.244. The molecule has 0 aromatic carbocycles. The lowest BCUT2D eigenvalue weighted by Gasteiger charge is -2.39. The number of rotatable bonds is 3. The molecule has 2 heteroatoms. The third kappa shape index (κ3) is 3.21. The van der Waals surface area contributed by atoms with Gasteiger partial charge in [-0.2, -0.15) is 0 Å². The molecule has 68 valence electrons. The van der Waals surface area contributed by atoms with Gasteiger partial charge in [0.1, 0.15) is 0 Å². The first-order chi connectivity index (χ1) is 4.93. The molecule has 0 bridgehead atoms. The van der Waals surface area contributed by atoms with Crippen LogP contribution in [0.3, 0.4) is 0 Å². The smallest absolute Gasteiger partial charge is 0.0195 e. The van der Waals surface area contributed by atoms with E-state index in [9.17, 15) is 0 Å². The van der Waals surface area contributed by atoms with Crippen LogP contribution in [0, 0.1) is 0 Å². The fourth-order valence-corrected chi connectivity index (χ4v) is 1.57. The second kappa shape index (κ2) is 4.07. The lowest BCUT2D eigenvalue weighted by Crippen LogP contribution is -2.49. The number of hydrogen-bond donors (Lipinski definition) is 1. The lowest BCUT2D eigenvalue weighted by atomic mass is 10.0. The molecule has 2 N–H and O–H groups in total. The zero-order valence-corrected chi connectivity index (χ0v) is 8.52. The number of hydrogen-bond acceptors (Lipinski definition) is 2. The highest BCUT2D eigenvalue weighted by molar-refractivity contribution is 4.80. The van der Waals surface area contributed by atoms with Crippen LogP contribution in [0.1, 0.15) is 34.6 Å². The summed E-state index contributed by atoms with van der Waals surface area (Å²) in [5.74, 6) is 0. The van der Waals surface area contributed by atoms with Crippen molar-refractivity contribution >= 4 is 0 Å². The van der Waals surface area contributed by atoms with Gasteiger partial charge in [0.15, 0.2) is 0 Å². The second-order valence-corrected chi connectivity index (χ2v) is 4.04. The van der Waals surface area contributed by atoms with E-state index in [1.165, 1.54) is 0 Å². The van der Waals surface area contributed by atoms with E-state index in [1.807, 2.05) is 0 Å². The molecule has 0 aliphatic carbocycles. The van der Waals surface area contributed by atoms with E-state index in [2.05, 4.69) is 39.5 Å². The Kier molecular flexibility index (Phi) is 4.04. The Morgan fingerprint density at radius 3 is 1.91 bits per heavy atom. The molecule has 0 aliphatic rings. The summed E-state index contributed by atoms with van der Waals surface area (Å²) >= 11 is 0. The van der Waals surface area contributed by atoms with Crippen LogP contribution in [-0.2, 0) is 0 Å². The van der Waals surface area contributed by atoms with Crippen molar-refractivity contribution in [2.24, 2.45) is 5.73 Å². The third-order valence-corrected chi connectivity index (χ3v) is 2.08. The van der Waals surface area contributed by atoms with Gasteiger partial charge >= 0.3 is 0 Å². The summed E-state index contributed by atoms with van der Waals surface area (Å²) in [5, 5.41) is 0. The molecule has 0 aliphatic heterocycles. The van der Waals surface area contributed by atoms with Crippen LogP contribution in [0.5, 0.6) is 0 Å². The Morgan fingerprint density at radius 1 is 1.36 bits per heavy atom. The third-order valence-electron chi connectivity index (χ3n) is 2.08. The highest BCUT2D eigenvalue weighted by Crippen LogP contribution is 2.15. The fourth-order valence-electron chi connectivity index (χ4n) is 1.57. The zero-order valence-electron chi connectivity index (χ0n) is 8.52. The molecule has 0 rings (SSSR count). The van der Waals surface area contributed by atoms with Gasteiger partial charge in [0.2, 0.25) is 0 Å². The Hall–Kier alpha value is -0.0800. The summed E-state index contributed by atoms with van der Waals surface area (Å²) < 4.78 is 0. The van der Waals surface area contributed by atoms with E-state index in [0.29, 0.717) is 6.04 Å². The van der Waals surface area contributed by atoms with Gasteiger partial charge in [0.25, 0.3) is 0 Å². The largest absolute Gasteiger partial charge is 0.329 e. The van der Waals surface area contributed by atoms with Crippen molar-refractivity contribution in [1.29, 1.82) is 0 Å². The van der Waals surface area contributed by atoms with Gasteiger partial charge in [0.05, 0.1) is 0 Å². The van der Waals surface area contributed by atoms with Gasteiger partial charge in [-0.1, -0.05) is 6.92 Å². The first kappa shape index (κ1) is 10.9. The summed E-state index contributed by atoms with van der Waals surface area (Å²) in [6.45, 7) is 12.8. The quantitative estimate of drug-likeness (QED) is 0.673. The summed E-state index contributed by atoms with van der Waals surface area (Å²) in [5.41, 5.74) is 5.85. The average molecular weight is 158 g/mol. The van der Waals surface area contributed by atoms with Crippen LogP contribution in [0.25, 0.3) is 0 Å². The molecule has 0 heterocycles. The van der Waals surface area contributed by atoms with Gasteiger partial charge < -0.3 is 5.73 Å². The Labute approximate surface area is 70.8 Å². The van der Waals surface area contributed by atoms with Crippen molar-refractivity contribution < 1.29 is 0 Å². The van der Waals surface area contributed by atoms with Crippen LogP contribution in [0.15, 0.2) is 0 Å². The molecule has 11 heavy (non-hydrogen) atoms. The van der Waals surface area contributed by atoms with Crippen molar-refractivity contribution in [3.8, 4) is 0 Å². The first-order valence-corrected chi connectivity index (χ1v) is 4.40. The van der Waals surface area contributed by atoms with Crippen LogP contribution in [0.4, 0.5) is 0 Å².